The molecule has 0 aromatic carbocycles. The zero-order valence-corrected chi connectivity index (χ0v) is 10.1. The molecule has 1 nitrogen and oxygen atoms in total. The van der Waals surface area contributed by atoms with Gasteiger partial charge >= 0.3 is 84.7 Å². The molecule has 0 unspecified atom stereocenters. The third kappa shape index (κ3) is 23.2. The standard InChI is InChI=1S/Co.Fe.Gd.La.O.Sr.2H. The van der Waals surface area contributed by atoms with Gasteiger partial charge < -0.3 is 0 Å². The van der Waals surface area contributed by atoms with Gasteiger partial charge in [0.25, 0.3) is 0 Å². The van der Waals surface area contributed by atoms with Crippen LogP contribution in [0.25, 0.3) is 0 Å². The van der Waals surface area contributed by atoms with Gasteiger partial charge in [-0.3, -0.25) is 0 Å². The Bertz CT molecular complexity index is 15.5. The maximum absolute atomic E-state index is 8.28. The topological polar surface area (TPSA) is 17.1 Å². The summed E-state index contributed by atoms with van der Waals surface area (Å²) in [6, 6.07) is 0. The van der Waals surface area contributed by atoms with Crippen LogP contribution >= 0.6 is 0 Å². The fraction of sp³-hybridized carbons (Fsp3) is 0. The van der Waals surface area contributed by atoms with Crippen molar-refractivity contribution in [2.75, 3.05) is 0 Å². The van der Waals surface area contributed by atoms with Crippen LogP contribution in [0, 0.1) is 73.6 Å². The molecule has 0 aliphatic carbocycles. The van der Waals surface area contributed by atoms with Crippen LogP contribution in [-0.2, 0) is 35.0 Å². The zero-order chi connectivity index (χ0) is 2.00. The second-order valence-electron chi connectivity index (χ2n) is 0. The van der Waals surface area contributed by atoms with Gasteiger partial charge in [-0.1, -0.05) is 0 Å². The van der Waals surface area contributed by atoms with Gasteiger partial charge in [-0.2, -0.15) is 0 Å². The minimum absolute atomic E-state index is 0. The molecule has 2 radical (unpaired) electrons. The van der Waals surface area contributed by atoms with Crippen LogP contribution in [-0.4, -0.2) is 45.5 Å². The van der Waals surface area contributed by atoms with Crippen LogP contribution in [0.15, 0.2) is 0 Å². The molecular formula is H2CoFeGdLaOSr. The molecule has 0 bridgehead atoms. The summed E-state index contributed by atoms with van der Waals surface area (Å²) in [5.74, 6) is 0. The molecule has 0 aromatic rings. The van der Waals surface area contributed by atoms with Crippen LogP contribution in [0.1, 0.15) is 0 Å². The Balaban J connectivity index is -0.000000000833. The van der Waals surface area contributed by atoms with Crippen LogP contribution in [0.3, 0.4) is 0 Å². The van der Waals surface area contributed by atoms with E-state index in [0.717, 1.165) is 0 Å². The number of hydrogen-bond acceptors (Lipinski definition) is 1. The summed E-state index contributed by atoms with van der Waals surface area (Å²) < 4.78 is 8.28. The Morgan fingerprint density at radius 3 is 1.17 bits per heavy atom. The van der Waals surface area contributed by atoms with Crippen LogP contribution in [0.2, 0.25) is 0 Å². The number of hydrogen-bond donors (Lipinski definition) is 0. The Morgan fingerprint density at radius 1 is 1.17 bits per heavy atom. The third-order valence-corrected chi connectivity index (χ3v) is 0. The van der Waals surface area contributed by atoms with Gasteiger partial charge in [0, 0.05) is 69.4 Å². The van der Waals surface area contributed by atoms with Crippen molar-refractivity contribution in [3.8, 4) is 0 Å². The van der Waals surface area contributed by atoms with Crippen molar-refractivity contribution in [3.05, 3.63) is 0 Å². The second-order valence-corrected chi connectivity index (χ2v) is 0. The zero-order valence-electron chi connectivity index (χ0n) is 2.03. The minimum atomic E-state index is 0. The Morgan fingerprint density at radius 2 is 1.17 bits per heavy atom. The van der Waals surface area contributed by atoms with Gasteiger partial charge in [-0.25, -0.2) is 0 Å². The Kier molecular flexibility index (Phi) is 169. The first kappa shape index (κ1) is 30.8. The predicted octanol–water partition coefficient (Wildman–Crippen LogP) is -1.04. The van der Waals surface area contributed by atoms with Crippen molar-refractivity contribution in [1.29, 1.82) is 0 Å². The molecule has 0 fully saturated rings. The molecule has 0 aliphatic rings. The van der Waals surface area contributed by atoms with Crippen molar-refractivity contribution in [1.82, 2.24) is 0 Å². The van der Waals surface area contributed by atoms with Gasteiger partial charge in [0.05, 0.1) is 0 Å². The first-order valence-electron chi connectivity index (χ1n) is 0.144. The van der Waals surface area contributed by atoms with Gasteiger partial charge in [-0.15, -0.1) is 0 Å². The van der Waals surface area contributed by atoms with E-state index in [9.17, 15) is 0 Å². The third-order valence-electron chi connectivity index (χ3n) is 0. The van der Waals surface area contributed by atoms with Gasteiger partial charge in [0.2, 0.25) is 0 Å². The normalized spacial score (nSPS) is 0.833. The van der Waals surface area contributed by atoms with E-state index in [1.165, 1.54) is 0 Å². The average molecular weight is 517 g/mol. The molecule has 38 valence electrons. The van der Waals surface area contributed by atoms with E-state index in [0.29, 0.717) is 38.0 Å². The van der Waals surface area contributed by atoms with Crippen molar-refractivity contribution in [2.24, 2.45) is 0 Å². The molecule has 0 N–H and O–H groups in total. The van der Waals surface area contributed by atoms with E-state index < -0.39 is 0 Å². The van der Waals surface area contributed by atoms with E-state index in [1.807, 2.05) is 0 Å². The molecular weight excluding hydrogens is 515 g/mol. The molecule has 0 amide bonds. The van der Waals surface area contributed by atoms with E-state index in [2.05, 4.69) is 0 Å². The van der Waals surface area contributed by atoms with E-state index in [1.54, 1.807) is 0 Å². The average Bonchev–Trinajstić information content (AvgIpc) is 1.00. The SMILES string of the molecule is [Co].[Fe].[La].[O]=[Gd].[SrH2]. The molecule has 0 heterocycles. The van der Waals surface area contributed by atoms with Crippen LogP contribution in [0.5, 0.6) is 0 Å². The van der Waals surface area contributed by atoms with Crippen molar-refractivity contribution < 1.29 is 109 Å². The molecule has 0 saturated heterocycles. The summed E-state index contributed by atoms with van der Waals surface area (Å²) in [7, 11) is 0. The molecule has 0 saturated carbocycles. The van der Waals surface area contributed by atoms with Crippen molar-refractivity contribution >= 4 is 45.5 Å². The molecule has 6 heteroatoms. The first-order valence-corrected chi connectivity index (χ1v) is 1.07. The maximum atomic E-state index is 8.28. The Hall–Kier alpha value is 4.83. The number of rotatable bonds is 0. The summed E-state index contributed by atoms with van der Waals surface area (Å²) in [6.45, 7) is 0. The fourth-order valence-corrected chi connectivity index (χ4v) is 0. The monoisotopic (exact) mass is 518 g/mol. The van der Waals surface area contributed by atoms with Crippen LogP contribution < -0.4 is 0 Å². The van der Waals surface area contributed by atoms with E-state index in [4.69, 9.17) is 1.16 Å². The van der Waals surface area contributed by atoms with Gasteiger partial charge in [0.15, 0.2) is 0 Å². The summed E-state index contributed by atoms with van der Waals surface area (Å²) in [5, 5.41) is 0. The van der Waals surface area contributed by atoms with E-state index in [-0.39, 0.29) is 115 Å². The summed E-state index contributed by atoms with van der Waals surface area (Å²) in [5.41, 5.74) is 0. The van der Waals surface area contributed by atoms with E-state index >= 15 is 0 Å². The van der Waals surface area contributed by atoms with Crippen molar-refractivity contribution in [3.63, 3.8) is 0 Å². The molecule has 6 heavy (non-hydrogen) atoms. The Labute approximate surface area is 149 Å². The second kappa shape index (κ2) is 32.9. The molecule has 0 spiro atoms. The van der Waals surface area contributed by atoms with Gasteiger partial charge in [0.1, 0.15) is 0 Å². The summed E-state index contributed by atoms with van der Waals surface area (Å²) >= 11 is 0.611. The fourth-order valence-electron chi connectivity index (χ4n) is 0. The first-order chi connectivity index (χ1) is 1.00. The summed E-state index contributed by atoms with van der Waals surface area (Å²) in [4.78, 5) is 0. The van der Waals surface area contributed by atoms with Gasteiger partial charge in [-0.05, 0) is 0 Å². The summed E-state index contributed by atoms with van der Waals surface area (Å²) in [6.07, 6.45) is 0. The van der Waals surface area contributed by atoms with Crippen molar-refractivity contribution in [2.45, 2.75) is 0 Å². The quantitative estimate of drug-likeness (QED) is 0.376. The molecule has 0 aromatic heterocycles. The molecule has 0 atom stereocenters. The predicted molar refractivity (Wildman–Crippen MR) is 9.23 cm³/mol. The van der Waals surface area contributed by atoms with Crippen LogP contribution in [0.4, 0.5) is 0 Å². The molecule has 0 aliphatic heterocycles. The molecule has 0 rings (SSSR count).